The number of para-hydroxylation sites is 1. The fraction of sp³-hybridized carbons (Fsp3) is 0. The fourth-order valence-electron chi connectivity index (χ4n) is 7.48. The number of rotatable bonds is 5. The lowest BCUT2D eigenvalue weighted by atomic mass is 9.92. The van der Waals surface area contributed by atoms with Gasteiger partial charge in [0.25, 0.3) is 0 Å². The molecule has 230 valence electrons. The molecule has 0 atom stereocenters. The van der Waals surface area contributed by atoms with Gasteiger partial charge in [-0.2, -0.15) is 0 Å². The van der Waals surface area contributed by atoms with Crippen molar-refractivity contribution in [3.63, 3.8) is 0 Å². The highest BCUT2D eigenvalue weighted by molar-refractivity contribution is 7.26. The van der Waals surface area contributed by atoms with Crippen LogP contribution in [0.5, 0.6) is 0 Å². The van der Waals surface area contributed by atoms with E-state index in [1.54, 1.807) is 0 Å². The zero-order chi connectivity index (χ0) is 32.3. The molecule has 2 aromatic heterocycles. The molecule has 2 nitrogen and oxygen atoms in total. The van der Waals surface area contributed by atoms with Gasteiger partial charge < -0.3 is 9.32 Å². The Morgan fingerprint density at radius 1 is 0.408 bits per heavy atom. The summed E-state index contributed by atoms with van der Waals surface area (Å²) in [5.74, 6) is 0. The molecule has 0 aliphatic heterocycles. The summed E-state index contributed by atoms with van der Waals surface area (Å²) in [5.41, 5.74) is 9.92. The topological polar surface area (TPSA) is 16.4 Å². The van der Waals surface area contributed by atoms with Crippen LogP contribution in [0.1, 0.15) is 0 Å². The highest BCUT2D eigenvalue weighted by Gasteiger charge is 2.20. The minimum absolute atomic E-state index is 0.897. The first-order valence-corrected chi connectivity index (χ1v) is 17.4. The summed E-state index contributed by atoms with van der Waals surface area (Å²) >= 11 is 1.86. The second-order valence-electron chi connectivity index (χ2n) is 12.5. The predicted octanol–water partition coefficient (Wildman–Crippen LogP) is 13.9. The summed E-state index contributed by atoms with van der Waals surface area (Å²) in [6.07, 6.45) is 0. The number of furan rings is 1. The average Bonchev–Trinajstić information content (AvgIpc) is 3.75. The van der Waals surface area contributed by atoms with Crippen LogP contribution in [0, 0.1) is 0 Å². The van der Waals surface area contributed by atoms with Gasteiger partial charge in [0.15, 0.2) is 0 Å². The highest BCUT2D eigenvalue weighted by atomic mass is 32.1. The third kappa shape index (κ3) is 4.47. The first kappa shape index (κ1) is 27.9. The molecule has 0 saturated carbocycles. The molecule has 10 aromatic rings. The maximum absolute atomic E-state index is 6.62. The van der Waals surface area contributed by atoms with Crippen molar-refractivity contribution in [2.75, 3.05) is 4.90 Å². The molecule has 0 spiro atoms. The van der Waals surface area contributed by atoms with E-state index in [-0.39, 0.29) is 0 Å². The van der Waals surface area contributed by atoms with Gasteiger partial charge in [-0.15, -0.1) is 11.3 Å². The third-order valence-corrected chi connectivity index (χ3v) is 10.9. The summed E-state index contributed by atoms with van der Waals surface area (Å²) in [6, 6.07) is 63.0. The van der Waals surface area contributed by atoms with E-state index in [1.165, 1.54) is 53.3 Å². The molecule has 0 aliphatic carbocycles. The van der Waals surface area contributed by atoms with Crippen molar-refractivity contribution in [3.05, 3.63) is 176 Å². The van der Waals surface area contributed by atoms with Crippen LogP contribution in [0.3, 0.4) is 0 Å². The number of thiophene rings is 1. The number of hydrogen-bond acceptors (Lipinski definition) is 3. The van der Waals surface area contributed by atoms with Crippen LogP contribution in [0.15, 0.2) is 180 Å². The van der Waals surface area contributed by atoms with Gasteiger partial charge >= 0.3 is 0 Å². The fourth-order valence-corrected chi connectivity index (χ4v) is 8.69. The number of anilines is 3. The van der Waals surface area contributed by atoms with Crippen LogP contribution < -0.4 is 4.90 Å². The quantitative estimate of drug-likeness (QED) is 0.186. The molecule has 0 amide bonds. The van der Waals surface area contributed by atoms with E-state index >= 15 is 0 Å². The van der Waals surface area contributed by atoms with Crippen molar-refractivity contribution in [2.45, 2.75) is 0 Å². The molecule has 10 rings (SSSR count). The van der Waals surface area contributed by atoms with Gasteiger partial charge in [0, 0.05) is 37.6 Å². The number of benzene rings is 8. The Labute approximate surface area is 287 Å². The Morgan fingerprint density at radius 2 is 1.04 bits per heavy atom. The lowest BCUT2D eigenvalue weighted by Crippen LogP contribution is -2.09. The molecule has 0 aliphatic rings. The predicted molar refractivity (Wildman–Crippen MR) is 210 cm³/mol. The summed E-state index contributed by atoms with van der Waals surface area (Å²) in [5, 5.41) is 7.33. The van der Waals surface area contributed by atoms with Gasteiger partial charge in [-0.05, 0) is 81.6 Å². The Bertz CT molecular complexity index is 2810. The molecule has 8 aromatic carbocycles. The second-order valence-corrected chi connectivity index (χ2v) is 13.5. The molecule has 0 saturated heterocycles. The summed E-state index contributed by atoms with van der Waals surface area (Å²) in [4.78, 5) is 2.38. The highest BCUT2D eigenvalue weighted by Crippen LogP contribution is 2.46. The first-order valence-electron chi connectivity index (χ1n) is 16.6. The van der Waals surface area contributed by atoms with Crippen molar-refractivity contribution >= 4 is 81.3 Å². The van der Waals surface area contributed by atoms with Gasteiger partial charge in [-0.1, -0.05) is 127 Å². The van der Waals surface area contributed by atoms with Gasteiger partial charge in [-0.25, -0.2) is 0 Å². The molecule has 0 N–H and O–H groups in total. The Kier molecular flexibility index (Phi) is 6.39. The van der Waals surface area contributed by atoms with Gasteiger partial charge in [0.1, 0.15) is 11.2 Å². The molecular weight excluding hydrogens is 615 g/mol. The zero-order valence-electron chi connectivity index (χ0n) is 26.5. The molecular formula is C46H29NOS. The standard InChI is InChI=1S/C46H29NOS/c1-3-13-30(14-4-1)39-29-42-45(37-19-8-7-17-35(37)39)44-34(20-12-23-41(44)48-42)31-25-27-33(28-26-31)47(32-15-5-2-6-16-32)40-22-11-21-38-36-18-9-10-24-43(36)49-46(38)40/h1-29H. The molecule has 0 unspecified atom stereocenters. The lowest BCUT2D eigenvalue weighted by Gasteiger charge is -2.26. The van der Waals surface area contributed by atoms with E-state index in [0.29, 0.717) is 0 Å². The SMILES string of the molecule is c1ccc(-c2cc3oc4cccc(-c5ccc(N(c6ccccc6)c6cccc7c6sc6ccccc67)cc5)c4c3c3ccccc23)cc1. The monoisotopic (exact) mass is 643 g/mol. The second kappa shape index (κ2) is 11.2. The maximum atomic E-state index is 6.62. The van der Waals surface area contributed by atoms with Gasteiger partial charge in [-0.3, -0.25) is 0 Å². The van der Waals surface area contributed by atoms with Crippen molar-refractivity contribution < 1.29 is 4.42 Å². The number of fused-ring (bicyclic) bond motifs is 8. The van der Waals surface area contributed by atoms with Gasteiger partial charge in [0.05, 0.1) is 10.4 Å². The van der Waals surface area contributed by atoms with Crippen molar-refractivity contribution in [2.24, 2.45) is 0 Å². The summed E-state index contributed by atoms with van der Waals surface area (Å²) < 4.78 is 9.21. The van der Waals surface area contributed by atoms with Crippen LogP contribution in [0.2, 0.25) is 0 Å². The van der Waals surface area contributed by atoms with Crippen LogP contribution >= 0.6 is 11.3 Å². The van der Waals surface area contributed by atoms with E-state index in [0.717, 1.165) is 38.9 Å². The largest absolute Gasteiger partial charge is 0.456 e. The number of nitrogens with zero attached hydrogens (tertiary/aromatic N) is 1. The average molecular weight is 644 g/mol. The zero-order valence-corrected chi connectivity index (χ0v) is 27.3. The van der Waals surface area contributed by atoms with Crippen molar-refractivity contribution in [1.29, 1.82) is 0 Å². The summed E-state index contributed by atoms with van der Waals surface area (Å²) in [6.45, 7) is 0. The van der Waals surface area contributed by atoms with Crippen molar-refractivity contribution in [3.8, 4) is 22.3 Å². The molecule has 0 fully saturated rings. The maximum Gasteiger partial charge on any atom is 0.136 e. The molecule has 0 radical (unpaired) electrons. The normalized spacial score (nSPS) is 11.7. The summed E-state index contributed by atoms with van der Waals surface area (Å²) in [7, 11) is 0. The van der Waals surface area contributed by atoms with Crippen LogP contribution in [0.25, 0.3) is 75.1 Å². The first-order chi connectivity index (χ1) is 24.3. The van der Waals surface area contributed by atoms with Crippen molar-refractivity contribution in [1.82, 2.24) is 0 Å². The Morgan fingerprint density at radius 3 is 1.86 bits per heavy atom. The minimum atomic E-state index is 0.897. The van der Waals surface area contributed by atoms with E-state index < -0.39 is 0 Å². The molecule has 3 heteroatoms. The van der Waals surface area contributed by atoms with Crippen LogP contribution in [0.4, 0.5) is 17.1 Å². The third-order valence-electron chi connectivity index (χ3n) is 9.66. The van der Waals surface area contributed by atoms with Gasteiger partial charge in [0.2, 0.25) is 0 Å². The Balaban J connectivity index is 1.15. The van der Waals surface area contributed by atoms with E-state index in [9.17, 15) is 0 Å². The molecule has 0 bridgehead atoms. The molecule has 2 heterocycles. The van der Waals surface area contributed by atoms with Crippen LogP contribution in [-0.2, 0) is 0 Å². The number of hydrogen-bond donors (Lipinski definition) is 0. The smallest absolute Gasteiger partial charge is 0.136 e. The van der Waals surface area contributed by atoms with E-state index in [4.69, 9.17) is 4.42 Å². The van der Waals surface area contributed by atoms with Crippen LogP contribution in [-0.4, -0.2) is 0 Å². The van der Waals surface area contributed by atoms with E-state index in [1.807, 2.05) is 11.3 Å². The lowest BCUT2D eigenvalue weighted by molar-refractivity contribution is 0.669. The Hall–Kier alpha value is -6.16. The minimum Gasteiger partial charge on any atom is -0.456 e. The van der Waals surface area contributed by atoms with E-state index in [2.05, 4.69) is 181 Å². The molecule has 49 heavy (non-hydrogen) atoms.